The zero-order valence-corrected chi connectivity index (χ0v) is 11.4. The average molecular weight is 254 g/mol. The number of aliphatic imine (C=N–C) groups is 1. The van der Waals surface area contributed by atoms with E-state index < -0.39 is 0 Å². The summed E-state index contributed by atoms with van der Waals surface area (Å²) in [6.07, 6.45) is 1.06. The molecule has 1 aromatic rings. The highest BCUT2D eigenvalue weighted by atomic mass is 35.5. The van der Waals surface area contributed by atoms with E-state index >= 15 is 0 Å². The molecule has 0 fully saturated rings. The Hall–Kier alpha value is -1.22. The Bertz CT molecular complexity index is 377. The van der Waals surface area contributed by atoms with E-state index in [1.807, 2.05) is 24.3 Å². The maximum Gasteiger partial charge on any atom is 0.191 e. The minimum atomic E-state index is 0.410. The molecule has 0 aliphatic heterocycles. The van der Waals surface area contributed by atoms with Crippen molar-refractivity contribution in [3.63, 3.8) is 0 Å². The SMILES string of the molecule is CCC(C)NC(=NC)NCc1ccccc1Cl. The Kier molecular flexibility index (Phi) is 5.84. The molecular weight excluding hydrogens is 234 g/mol. The summed E-state index contributed by atoms with van der Waals surface area (Å²) in [7, 11) is 1.77. The first kappa shape index (κ1) is 13.8. The number of benzene rings is 1. The van der Waals surface area contributed by atoms with Gasteiger partial charge in [-0.25, -0.2) is 0 Å². The smallest absolute Gasteiger partial charge is 0.191 e. The molecule has 0 spiro atoms. The Morgan fingerprint density at radius 2 is 2.12 bits per heavy atom. The highest BCUT2D eigenvalue weighted by Gasteiger charge is 2.03. The van der Waals surface area contributed by atoms with E-state index in [1.165, 1.54) is 0 Å². The third-order valence-electron chi connectivity index (χ3n) is 2.62. The van der Waals surface area contributed by atoms with E-state index in [2.05, 4.69) is 29.5 Å². The fourth-order valence-electron chi connectivity index (χ4n) is 1.35. The van der Waals surface area contributed by atoms with E-state index in [4.69, 9.17) is 11.6 Å². The molecular formula is C13H20ClN3. The summed E-state index contributed by atoms with van der Waals surface area (Å²) in [5, 5.41) is 7.32. The lowest BCUT2D eigenvalue weighted by atomic mass is 10.2. The van der Waals surface area contributed by atoms with E-state index in [9.17, 15) is 0 Å². The second-order valence-electron chi connectivity index (χ2n) is 3.97. The van der Waals surface area contributed by atoms with Crippen LogP contribution in [0.5, 0.6) is 0 Å². The third kappa shape index (κ3) is 4.65. The van der Waals surface area contributed by atoms with Gasteiger partial charge >= 0.3 is 0 Å². The van der Waals surface area contributed by atoms with Gasteiger partial charge in [-0.3, -0.25) is 4.99 Å². The molecule has 1 unspecified atom stereocenters. The van der Waals surface area contributed by atoms with Gasteiger partial charge < -0.3 is 10.6 Å². The maximum absolute atomic E-state index is 6.08. The molecule has 0 saturated heterocycles. The van der Waals surface area contributed by atoms with Crippen molar-refractivity contribution in [2.75, 3.05) is 7.05 Å². The van der Waals surface area contributed by atoms with Crippen molar-refractivity contribution in [1.82, 2.24) is 10.6 Å². The Morgan fingerprint density at radius 1 is 1.41 bits per heavy atom. The predicted molar refractivity (Wildman–Crippen MR) is 74.5 cm³/mol. The van der Waals surface area contributed by atoms with Gasteiger partial charge in [0.15, 0.2) is 5.96 Å². The molecule has 0 heterocycles. The number of guanidine groups is 1. The molecule has 1 rings (SSSR count). The van der Waals surface area contributed by atoms with Crippen molar-refractivity contribution in [3.8, 4) is 0 Å². The summed E-state index contributed by atoms with van der Waals surface area (Å²) in [6.45, 7) is 4.94. The normalized spacial score (nSPS) is 13.3. The quantitative estimate of drug-likeness (QED) is 0.640. The average Bonchev–Trinajstić information content (AvgIpc) is 2.35. The van der Waals surface area contributed by atoms with Crippen LogP contribution in [0.4, 0.5) is 0 Å². The van der Waals surface area contributed by atoms with E-state index in [1.54, 1.807) is 7.05 Å². The van der Waals surface area contributed by atoms with Crippen LogP contribution < -0.4 is 10.6 Å². The molecule has 0 amide bonds. The fraction of sp³-hybridized carbons (Fsp3) is 0.462. The number of hydrogen-bond acceptors (Lipinski definition) is 1. The number of nitrogens with one attached hydrogen (secondary N) is 2. The van der Waals surface area contributed by atoms with Gasteiger partial charge in [-0.2, -0.15) is 0 Å². The highest BCUT2D eigenvalue weighted by Crippen LogP contribution is 2.14. The van der Waals surface area contributed by atoms with Crippen molar-refractivity contribution >= 4 is 17.6 Å². The molecule has 0 aliphatic rings. The van der Waals surface area contributed by atoms with E-state index in [-0.39, 0.29) is 0 Å². The summed E-state index contributed by atoms with van der Waals surface area (Å²) in [4.78, 5) is 4.17. The lowest BCUT2D eigenvalue weighted by Gasteiger charge is -2.16. The first-order chi connectivity index (χ1) is 8.17. The number of hydrogen-bond donors (Lipinski definition) is 2. The minimum Gasteiger partial charge on any atom is -0.354 e. The number of rotatable bonds is 4. The molecule has 0 saturated carbocycles. The zero-order valence-electron chi connectivity index (χ0n) is 10.6. The highest BCUT2D eigenvalue weighted by molar-refractivity contribution is 6.31. The molecule has 0 radical (unpaired) electrons. The van der Waals surface area contributed by atoms with Crippen molar-refractivity contribution in [3.05, 3.63) is 34.9 Å². The summed E-state index contributed by atoms with van der Waals surface area (Å²) in [6, 6.07) is 8.22. The van der Waals surface area contributed by atoms with Crippen LogP contribution in [-0.4, -0.2) is 19.0 Å². The Morgan fingerprint density at radius 3 is 2.71 bits per heavy atom. The summed E-state index contributed by atoms with van der Waals surface area (Å²) in [5.41, 5.74) is 1.07. The van der Waals surface area contributed by atoms with Crippen LogP contribution in [0, 0.1) is 0 Å². The van der Waals surface area contributed by atoms with E-state index in [0.717, 1.165) is 23.0 Å². The largest absolute Gasteiger partial charge is 0.354 e. The maximum atomic E-state index is 6.08. The second-order valence-corrected chi connectivity index (χ2v) is 4.38. The monoisotopic (exact) mass is 253 g/mol. The van der Waals surface area contributed by atoms with Gasteiger partial charge in [-0.15, -0.1) is 0 Å². The molecule has 17 heavy (non-hydrogen) atoms. The van der Waals surface area contributed by atoms with Gasteiger partial charge in [-0.1, -0.05) is 36.7 Å². The molecule has 1 atom stereocenters. The summed E-state index contributed by atoms with van der Waals surface area (Å²) < 4.78 is 0. The van der Waals surface area contributed by atoms with Crippen LogP contribution in [0.1, 0.15) is 25.8 Å². The van der Waals surface area contributed by atoms with Crippen molar-refractivity contribution in [1.29, 1.82) is 0 Å². The van der Waals surface area contributed by atoms with Crippen LogP contribution >= 0.6 is 11.6 Å². The van der Waals surface area contributed by atoms with Gasteiger partial charge in [0.25, 0.3) is 0 Å². The van der Waals surface area contributed by atoms with Gasteiger partial charge in [0.2, 0.25) is 0 Å². The fourth-order valence-corrected chi connectivity index (χ4v) is 1.55. The Labute approximate surface area is 108 Å². The lowest BCUT2D eigenvalue weighted by Crippen LogP contribution is -2.41. The Balaban J connectivity index is 2.52. The standard InChI is InChI=1S/C13H20ClN3/c1-4-10(2)17-13(15-3)16-9-11-7-5-6-8-12(11)14/h5-8,10H,4,9H2,1-3H3,(H2,15,16,17). The van der Waals surface area contributed by atoms with Crippen LogP contribution in [0.25, 0.3) is 0 Å². The molecule has 2 N–H and O–H groups in total. The van der Waals surface area contributed by atoms with Crippen molar-refractivity contribution < 1.29 is 0 Å². The van der Waals surface area contributed by atoms with Gasteiger partial charge in [0, 0.05) is 24.7 Å². The van der Waals surface area contributed by atoms with Crippen molar-refractivity contribution in [2.45, 2.75) is 32.9 Å². The first-order valence-electron chi connectivity index (χ1n) is 5.88. The summed E-state index contributed by atoms with van der Waals surface area (Å²) >= 11 is 6.08. The minimum absolute atomic E-state index is 0.410. The van der Waals surface area contributed by atoms with Crippen LogP contribution in [0.3, 0.4) is 0 Å². The van der Waals surface area contributed by atoms with Gasteiger partial charge in [0.1, 0.15) is 0 Å². The van der Waals surface area contributed by atoms with Gasteiger partial charge in [0.05, 0.1) is 0 Å². The second kappa shape index (κ2) is 7.17. The van der Waals surface area contributed by atoms with Crippen LogP contribution in [0.15, 0.2) is 29.3 Å². The van der Waals surface area contributed by atoms with Gasteiger partial charge in [-0.05, 0) is 25.0 Å². The molecule has 4 heteroatoms. The number of halogens is 1. The summed E-state index contributed by atoms with van der Waals surface area (Å²) in [5.74, 6) is 0.805. The van der Waals surface area contributed by atoms with Crippen molar-refractivity contribution in [2.24, 2.45) is 4.99 Å². The van der Waals surface area contributed by atoms with Crippen LogP contribution in [0.2, 0.25) is 5.02 Å². The topological polar surface area (TPSA) is 36.4 Å². The van der Waals surface area contributed by atoms with E-state index in [0.29, 0.717) is 12.6 Å². The first-order valence-corrected chi connectivity index (χ1v) is 6.25. The molecule has 1 aromatic carbocycles. The lowest BCUT2D eigenvalue weighted by molar-refractivity contribution is 0.624. The zero-order chi connectivity index (χ0) is 12.7. The predicted octanol–water partition coefficient (Wildman–Crippen LogP) is 2.80. The van der Waals surface area contributed by atoms with Crippen LogP contribution in [-0.2, 0) is 6.54 Å². The molecule has 0 aliphatic carbocycles. The number of nitrogens with zero attached hydrogens (tertiary/aromatic N) is 1. The molecule has 3 nitrogen and oxygen atoms in total. The molecule has 94 valence electrons. The molecule has 0 bridgehead atoms. The third-order valence-corrected chi connectivity index (χ3v) is 2.99. The molecule has 0 aromatic heterocycles.